The lowest BCUT2D eigenvalue weighted by Gasteiger charge is -2.00. The number of hydrogen-bond acceptors (Lipinski definition) is 4. The maximum absolute atomic E-state index is 5.54. The average molecular weight is 169 g/mol. The first kappa shape index (κ1) is 8.38. The monoisotopic (exact) mass is 169 g/mol. The molecule has 6 nitrogen and oxygen atoms in total. The van der Waals surface area contributed by atoms with Gasteiger partial charge >= 0.3 is 0 Å². The molecule has 1 rings (SSSR count). The zero-order chi connectivity index (χ0) is 9.14. The first-order valence-corrected chi connectivity index (χ1v) is 3.30. The normalized spacial score (nSPS) is 11.7. The quantitative estimate of drug-likeness (QED) is 0.347. The molecule has 0 bridgehead atoms. The number of nitrogen functional groups attached to an aromatic ring is 1. The van der Waals surface area contributed by atoms with Gasteiger partial charge in [-0.2, -0.15) is 0 Å². The van der Waals surface area contributed by atoms with E-state index in [4.69, 9.17) is 11.5 Å². The predicted molar refractivity (Wildman–Crippen MR) is 45.4 cm³/mol. The zero-order valence-corrected chi connectivity index (χ0v) is 6.98. The number of aryl methyl sites for hydroxylation is 1. The zero-order valence-electron chi connectivity index (χ0n) is 6.98. The molecule has 1 heterocycles. The van der Waals surface area contributed by atoms with E-state index in [1.54, 1.807) is 17.9 Å². The maximum Gasteiger partial charge on any atom is 0.190 e. The van der Waals surface area contributed by atoms with Gasteiger partial charge in [0.1, 0.15) is 12.8 Å². The standard InChI is InChI=1S/C6H11N5O/c1-11-3-9-5(7)4(11)6(8)10-12-2/h3H,7H2,1-2H3,(H2,8,10). The largest absolute Gasteiger partial charge is 0.397 e. The fourth-order valence-corrected chi connectivity index (χ4v) is 0.902. The summed E-state index contributed by atoms with van der Waals surface area (Å²) < 4.78 is 1.67. The Morgan fingerprint density at radius 2 is 2.42 bits per heavy atom. The van der Waals surface area contributed by atoms with Crippen LogP contribution in [0.5, 0.6) is 0 Å². The first-order chi connectivity index (χ1) is 5.66. The van der Waals surface area contributed by atoms with Crippen molar-refractivity contribution >= 4 is 11.7 Å². The predicted octanol–water partition coefficient (Wildman–Crippen LogP) is -0.731. The third-order valence-corrected chi connectivity index (χ3v) is 1.40. The number of nitrogens with two attached hydrogens (primary N) is 2. The Labute approximate surface area is 69.8 Å². The van der Waals surface area contributed by atoms with Crippen LogP contribution in [0, 0.1) is 0 Å². The van der Waals surface area contributed by atoms with Crippen molar-refractivity contribution in [3.8, 4) is 0 Å². The Balaban J connectivity index is 3.09. The van der Waals surface area contributed by atoms with E-state index in [0.717, 1.165) is 0 Å². The van der Waals surface area contributed by atoms with Crippen molar-refractivity contribution in [2.24, 2.45) is 17.9 Å². The number of nitrogens with zero attached hydrogens (tertiary/aromatic N) is 3. The summed E-state index contributed by atoms with van der Waals surface area (Å²) in [7, 11) is 3.19. The maximum atomic E-state index is 5.54. The first-order valence-electron chi connectivity index (χ1n) is 3.30. The van der Waals surface area contributed by atoms with Crippen molar-refractivity contribution < 1.29 is 4.84 Å². The van der Waals surface area contributed by atoms with Gasteiger partial charge in [-0.25, -0.2) is 4.98 Å². The van der Waals surface area contributed by atoms with Gasteiger partial charge in [-0.1, -0.05) is 5.16 Å². The Morgan fingerprint density at radius 3 is 2.83 bits per heavy atom. The van der Waals surface area contributed by atoms with Crippen molar-refractivity contribution in [3.63, 3.8) is 0 Å². The van der Waals surface area contributed by atoms with Crippen molar-refractivity contribution in [2.45, 2.75) is 0 Å². The Hall–Kier alpha value is -1.72. The van der Waals surface area contributed by atoms with Crippen LogP contribution in [0.4, 0.5) is 5.82 Å². The lowest BCUT2D eigenvalue weighted by atomic mass is 10.4. The molecule has 0 aromatic carbocycles. The molecule has 0 spiro atoms. The fraction of sp³-hybridized carbons (Fsp3) is 0.333. The molecule has 0 atom stereocenters. The number of imidazole rings is 1. The van der Waals surface area contributed by atoms with E-state index in [1.807, 2.05) is 0 Å². The van der Waals surface area contributed by atoms with Gasteiger partial charge in [0.2, 0.25) is 0 Å². The number of anilines is 1. The molecule has 0 radical (unpaired) electrons. The Morgan fingerprint density at radius 1 is 1.75 bits per heavy atom. The number of oxime groups is 1. The minimum atomic E-state index is 0.218. The number of aromatic nitrogens is 2. The minimum Gasteiger partial charge on any atom is -0.397 e. The van der Waals surface area contributed by atoms with Crippen LogP contribution in [0.3, 0.4) is 0 Å². The van der Waals surface area contributed by atoms with Gasteiger partial charge < -0.3 is 20.9 Å². The number of hydrogen-bond donors (Lipinski definition) is 2. The summed E-state index contributed by atoms with van der Waals surface area (Å²) >= 11 is 0. The molecule has 4 N–H and O–H groups in total. The Bertz CT molecular complexity index is 283. The highest BCUT2D eigenvalue weighted by atomic mass is 16.6. The van der Waals surface area contributed by atoms with E-state index in [1.165, 1.54) is 7.11 Å². The van der Waals surface area contributed by atoms with Crippen LogP contribution in [0.2, 0.25) is 0 Å². The molecule has 6 heteroatoms. The van der Waals surface area contributed by atoms with Crippen LogP contribution >= 0.6 is 0 Å². The Kier molecular flexibility index (Phi) is 2.18. The van der Waals surface area contributed by atoms with E-state index in [9.17, 15) is 0 Å². The molecule has 66 valence electrons. The summed E-state index contributed by atoms with van der Waals surface area (Å²) in [5, 5.41) is 3.54. The van der Waals surface area contributed by atoms with Crippen LogP contribution in [0.15, 0.2) is 11.5 Å². The lowest BCUT2D eigenvalue weighted by Crippen LogP contribution is -2.18. The van der Waals surface area contributed by atoms with E-state index < -0.39 is 0 Å². The summed E-state index contributed by atoms with van der Waals surface area (Å²) in [5.74, 6) is 0.561. The van der Waals surface area contributed by atoms with E-state index in [2.05, 4.69) is 15.0 Å². The van der Waals surface area contributed by atoms with E-state index in [0.29, 0.717) is 11.5 Å². The molecule has 12 heavy (non-hydrogen) atoms. The van der Waals surface area contributed by atoms with Crippen molar-refractivity contribution in [2.75, 3.05) is 12.8 Å². The van der Waals surface area contributed by atoms with Gasteiger partial charge in [0.05, 0.1) is 6.33 Å². The second kappa shape index (κ2) is 3.12. The molecular formula is C6H11N5O. The fourth-order valence-electron chi connectivity index (χ4n) is 0.902. The van der Waals surface area contributed by atoms with Gasteiger partial charge in [0.25, 0.3) is 0 Å². The van der Waals surface area contributed by atoms with Crippen molar-refractivity contribution in [3.05, 3.63) is 12.0 Å². The van der Waals surface area contributed by atoms with Crippen LogP contribution < -0.4 is 11.5 Å². The lowest BCUT2D eigenvalue weighted by molar-refractivity contribution is 0.213. The molecule has 1 aromatic heterocycles. The highest BCUT2D eigenvalue weighted by Gasteiger charge is 2.09. The van der Waals surface area contributed by atoms with Gasteiger partial charge in [0.15, 0.2) is 11.7 Å². The van der Waals surface area contributed by atoms with Gasteiger partial charge in [-0.3, -0.25) is 0 Å². The topological polar surface area (TPSA) is 91.4 Å². The van der Waals surface area contributed by atoms with E-state index >= 15 is 0 Å². The molecule has 0 aliphatic heterocycles. The summed E-state index contributed by atoms with van der Waals surface area (Å²) in [6.45, 7) is 0. The smallest absolute Gasteiger partial charge is 0.190 e. The molecule has 0 amide bonds. The van der Waals surface area contributed by atoms with Crippen LogP contribution in [-0.2, 0) is 11.9 Å². The molecule has 0 aliphatic rings. The summed E-state index contributed by atoms with van der Waals surface area (Å²) in [4.78, 5) is 8.35. The summed E-state index contributed by atoms with van der Waals surface area (Å²) in [6, 6.07) is 0. The minimum absolute atomic E-state index is 0.218. The van der Waals surface area contributed by atoms with Crippen LogP contribution in [0.25, 0.3) is 0 Å². The molecule has 0 aliphatic carbocycles. The molecule has 1 aromatic rings. The third-order valence-electron chi connectivity index (χ3n) is 1.40. The number of rotatable bonds is 2. The summed E-state index contributed by atoms with van der Waals surface area (Å²) in [6.07, 6.45) is 1.56. The molecule has 0 saturated carbocycles. The average Bonchev–Trinajstić information content (AvgIpc) is 2.32. The van der Waals surface area contributed by atoms with Gasteiger partial charge in [0, 0.05) is 7.05 Å². The van der Waals surface area contributed by atoms with Gasteiger partial charge in [-0.15, -0.1) is 0 Å². The van der Waals surface area contributed by atoms with E-state index in [-0.39, 0.29) is 5.84 Å². The molecule has 0 fully saturated rings. The van der Waals surface area contributed by atoms with Gasteiger partial charge in [-0.05, 0) is 0 Å². The highest BCUT2D eigenvalue weighted by molar-refractivity contribution is 5.99. The third kappa shape index (κ3) is 1.31. The second-order valence-electron chi connectivity index (χ2n) is 2.25. The highest BCUT2D eigenvalue weighted by Crippen LogP contribution is 2.06. The second-order valence-corrected chi connectivity index (χ2v) is 2.25. The van der Waals surface area contributed by atoms with Crippen molar-refractivity contribution in [1.82, 2.24) is 9.55 Å². The van der Waals surface area contributed by atoms with Crippen LogP contribution in [0.1, 0.15) is 5.69 Å². The van der Waals surface area contributed by atoms with Crippen molar-refractivity contribution in [1.29, 1.82) is 0 Å². The molecular weight excluding hydrogens is 158 g/mol. The molecule has 0 saturated heterocycles. The molecule has 0 unspecified atom stereocenters. The summed E-state index contributed by atoms with van der Waals surface area (Å²) in [5.41, 5.74) is 11.6. The SMILES string of the molecule is CO/N=C(\N)c1c(N)ncn1C. The van der Waals surface area contributed by atoms with Crippen LogP contribution in [-0.4, -0.2) is 22.5 Å². The number of amidine groups is 1.